The van der Waals surface area contributed by atoms with Gasteiger partial charge in [0.2, 0.25) is 0 Å². The van der Waals surface area contributed by atoms with Crippen LogP contribution in [0.2, 0.25) is 0 Å². The molecule has 0 aromatic carbocycles. The van der Waals surface area contributed by atoms with Gasteiger partial charge in [-0.3, -0.25) is 4.90 Å². The fraction of sp³-hybridized carbons (Fsp3) is 0.833. The van der Waals surface area contributed by atoms with Crippen molar-refractivity contribution in [2.45, 2.75) is 26.2 Å². The van der Waals surface area contributed by atoms with Crippen LogP contribution >= 0.6 is 0 Å². The Kier molecular flexibility index (Phi) is 3.60. The van der Waals surface area contributed by atoms with E-state index in [1.54, 1.807) is 5.57 Å². The van der Waals surface area contributed by atoms with E-state index in [0.29, 0.717) is 0 Å². The lowest BCUT2D eigenvalue weighted by Crippen LogP contribution is -2.31. The third-order valence-corrected chi connectivity index (χ3v) is 3.38. The summed E-state index contributed by atoms with van der Waals surface area (Å²) in [5.41, 5.74) is 1.62. The fourth-order valence-electron chi connectivity index (χ4n) is 2.36. The second-order valence-electron chi connectivity index (χ2n) is 4.47. The highest BCUT2D eigenvalue weighted by Crippen LogP contribution is 2.19. The van der Waals surface area contributed by atoms with E-state index >= 15 is 0 Å². The minimum absolute atomic E-state index is 0.883. The van der Waals surface area contributed by atoms with Gasteiger partial charge in [0, 0.05) is 32.8 Å². The topological polar surface area (TPSA) is 12.5 Å². The van der Waals surface area contributed by atoms with Gasteiger partial charge in [0.15, 0.2) is 0 Å². The molecule has 0 amide bonds. The normalized spacial score (nSPS) is 25.4. The van der Waals surface area contributed by atoms with Gasteiger partial charge in [-0.1, -0.05) is 18.6 Å². The molecule has 0 spiro atoms. The molecular weight excluding hydrogens is 174 g/mol. The van der Waals surface area contributed by atoms with Gasteiger partial charge in [-0.15, -0.1) is 0 Å². The Morgan fingerprint density at radius 3 is 2.86 bits per heavy atom. The van der Waals surface area contributed by atoms with Crippen molar-refractivity contribution in [3.63, 3.8) is 0 Å². The molecule has 2 rings (SSSR count). The molecule has 0 atom stereocenters. The Hall–Kier alpha value is -0.340. The standard InChI is InChI=1S/C12H21NO/c1-2-11-3-6-13(9-11)10-12-4-7-14-8-5-12/h3,12H,2,4-10H2,1H3. The molecule has 1 fully saturated rings. The van der Waals surface area contributed by atoms with Crippen LogP contribution < -0.4 is 0 Å². The van der Waals surface area contributed by atoms with E-state index in [1.165, 1.54) is 38.9 Å². The molecule has 80 valence electrons. The van der Waals surface area contributed by atoms with E-state index in [1.807, 2.05) is 0 Å². The Bertz CT molecular complexity index is 206. The monoisotopic (exact) mass is 195 g/mol. The average Bonchev–Trinajstić information content (AvgIpc) is 2.67. The second kappa shape index (κ2) is 4.94. The molecule has 0 aromatic rings. The highest BCUT2D eigenvalue weighted by Gasteiger charge is 2.19. The average molecular weight is 195 g/mol. The molecule has 0 unspecified atom stereocenters. The number of ether oxygens (including phenoxy) is 1. The second-order valence-corrected chi connectivity index (χ2v) is 4.47. The molecule has 14 heavy (non-hydrogen) atoms. The highest BCUT2D eigenvalue weighted by atomic mass is 16.5. The SMILES string of the molecule is CCC1=CCN(CC2CCOCC2)C1. The Morgan fingerprint density at radius 1 is 1.43 bits per heavy atom. The molecule has 2 aliphatic heterocycles. The summed E-state index contributed by atoms with van der Waals surface area (Å²) in [5, 5.41) is 0. The van der Waals surface area contributed by atoms with E-state index < -0.39 is 0 Å². The van der Waals surface area contributed by atoms with Crippen molar-refractivity contribution >= 4 is 0 Å². The molecule has 0 saturated carbocycles. The third kappa shape index (κ3) is 2.58. The van der Waals surface area contributed by atoms with Crippen LogP contribution in [0, 0.1) is 5.92 Å². The Morgan fingerprint density at radius 2 is 2.21 bits per heavy atom. The molecule has 0 bridgehead atoms. The largest absolute Gasteiger partial charge is 0.381 e. The number of hydrogen-bond donors (Lipinski definition) is 0. The zero-order chi connectivity index (χ0) is 9.80. The molecule has 0 aliphatic carbocycles. The Balaban J connectivity index is 1.71. The first kappa shape index (κ1) is 10.2. The van der Waals surface area contributed by atoms with Crippen molar-refractivity contribution in [3.8, 4) is 0 Å². The van der Waals surface area contributed by atoms with Crippen molar-refractivity contribution in [3.05, 3.63) is 11.6 Å². The van der Waals surface area contributed by atoms with Crippen molar-refractivity contribution in [2.24, 2.45) is 5.92 Å². The molecule has 2 aliphatic rings. The first-order chi connectivity index (χ1) is 6.88. The molecule has 2 heterocycles. The summed E-state index contributed by atoms with van der Waals surface area (Å²) in [6, 6.07) is 0. The quantitative estimate of drug-likeness (QED) is 0.639. The van der Waals surface area contributed by atoms with Gasteiger partial charge in [0.05, 0.1) is 0 Å². The van der Waals surface area contributed by atoms with Gasteiger partial charge in [-0.05, 0) is 25.2 Å². The van der Waals surface area contributed by atoms with Crippen LogP contribution in [0.4, 0.5) is 0 Å². The van der Waals surface area contributed by atoms with Crippen molar-refractivity contribution in [1.29, 1.82) is 0 Å². The first-order valence-electron chi connectivity index (χ1n) is 5.86. The van der Waals surface area contributed by atoms with Crippen molar-refractivity contribution in [1.82, 2.24) is 4.90 Å². The molecule has 0 radical (unpaired) electrons. The molecular formula is C12H21NO. The predicted molar refractivity (Wildman–Crippen MR) is 58.4 cm³/mol. The number of nitrogens with zero attached hydrogens (tertiary/aromatic N) is 1. The maximum atomic E-state index is 5.37. The van der Waals surface area contributed by atoms with Crippen LogP contribution in [0.15, 0.2) is 11.6 Å². The van der Waals surface area contributed by atoms with Crippen molar-refractivity contribution in [2.75, 3.05) is 32.8 Å². The molecule has 1 saturated heterocycles. The maximum Gasteiger partial charge on any atom is 0.0469 e. The lowest BCUT2D eigenvalue weighted by molar-refractivity contribution is 0.0559. The van der Waals surface area contributed by atoms with Crippen LogP contribution in [0.3, 0.4) is 0 Å². The third-order valence-electron chi connectivity index (χ3n) is 3.38. The summed E-state index contributed by atoms with van der Waals surface area (Å²) >= 11 is 0. The smallest absolute Gasteiger partial charge is 0.0469 e. The van der Waals surface area contributed by atoms with Gasteiger partial charge in [0.25, 0.3) is 0 Å². The van der Waals surface area contributed by atoms with Gasteiger partial charge >= 0.3 is 0 Å². The van der Waals surface area contributed by atoms with Crippen LogP contribution in [0.5, 0.6) is 0 Å². The fourth-order valence-corrected chi connectivity index (χ4v) is 2.36. The van der Waals surface area contributed by atoms with E-state index in [-0.39, 0.29) is 0 Å². The zero-order valence-corrected chi connectivity index (χ0v) is 9.17. The highest BCUT2D eigenvalue weighted by molar-refractivity contribution is 5.10. The summed E-state index contributed by atoms with van der Waals surface area (Å²) in [7, 11) is 0. The summed E-state index contributed by atoms with van der Waals surface area (Å²) in [5.74, 6) is 0.883. The minimum Gasteiger partial charge on any atom is -0.381 e. The zero-order valence-electron chi connectivity index (χ0n) is 9.17. The molecule has 0 N–H and O–H groups in total. The van der Waals surface area contributed by atoms with E-state index in [2.05, 4.69) is 17.9 Å². The summed E-state index contributed by atoms with van der Waals surface area (Å²) in [4.78, 5) is 2.58. The van der Waals surface area contributed by atoms with Crippen molar-refractivity contribution < 1.29 is 4.74 Å². The van der Waals surface area contributed by atoms with E-state index in [9.17, 15) is 0 Å². The number of hydrogen-bond acceptors (Lipinski definition) is 2. The maximum absolute atomic E-state index is 5.37. The molecule has 2 heteroatoms. The van der Waals surface area contributed by atoms with Crippen LogP contribution in [0.25, 0.3) is 0 Å². The minimum atomic E-state index is 0.883. The van der Waals surface area contributed by atoms with Gasteiger partial charge < -0.3 is 4.74 Å². The summed E-state index contributed by atoms with van der Waals surface area (Å²) in [6.07, 6.45) is 6.15. The summed E-state index contributed by atoms with van der Waals surface area (Å²) < 4.78 is 5.37. The van der Waals surface area contributed by atoms with Gasteiger partial charge in [-0.25, -0.2) is 0 Å². The van der Waals surface area contributed by atoms with E-state index in [0.717, 1.165) is 19.1 Å². The lowest BCUT2D eigenvalue weighted by Gasteiger charge is -2.26. The summed E-state index contributed by atoms with van der Waals surface area (Å²) in [6.45, 7) is 7.89. The van der Waals surface area contributed by atoms with E-state index in [4.69, 9.17) is 4.74 Å². The number of rotatable bonds is 3. The van der Waals surface area contributed by atoms with Gasteiger partial charge in [0.1, 0.15) is 0 Å². The lowest BCUT2D eigenvalue weighted by atomic mass is 10.00. The van der Waals surface area contributed by atoms with Crippen LogP contribution in [0.1, 0.15) is 26.2 Å². The van der Waals surface area contributed by atoms with Crippen LogP contribution in [-0.2, 0) is 4.74 Å². The Labute approximate surface area is 86.9 Å². The molecule has 2 nitrogen and oxygen atoms in total. The molecule has 0 aromatic heterocycles. The van der Waals surface area contributed by atoms with Crippen LogP contribution in [-0.4, -0.2) is 37.7 Å². The first-order valence-corrected chi connectivity index (χ1v) is 5.86. The predicted octanol–water partition coefficient (Wildman–Crippen LogP) is 2.06. The van der Waals surface area contributed by atoms with Gasteiger partial charge in [-0.2, -0.15) is 0 Å².